The van der Waals surface area contributed by atoms with Crippen LogP contribution in [0.1, 0.15) is 49.0 Å². The molecule has 0 fully saturated rings. The lowest BCUT2D eigenvalue weighted by molar-refractivity contribution is 0.0940. The highest BCUT2D eigenvalue weighted by Crippen LogP contribution is 2.13. The van der Waals surface area contributed by atoms with E-state index in [4.69, 9.17) is 9.63 Å². The summed E-state index contributed by atoms with van der Waals surface area (Å²) in [7, 11) is 0. The van der Waals surface area contributed by atoms with Crippen LogP contribution < -0.4 is 10.6 Å². The van der Waals surface area contributed by atoms with E-state index >= 15 is 0 Å². The van der Waals surface area contributed by atoms with Crippen molar-refractivity contribution < 1.29 is 14.4 Å². The summed E-state index contributed by atoms with van der Waals surface area (Å²) < 4.78 is 4.88. The molecule has 0 unspecified atom stereocenters. The number of carbonyl (C=O) groups is 1. The average molecular weight is 269 g/mol. The maximum Gasteiger partial charge on any atom is 0.273 e. The fourth-order valence-electron chi connectivity index (χ4n) is 1.87. The summed E-state index contributed by atoms with van der Waals surface area (Å²) in [4.78, 5) is 11.9. The molecule has 108 valence electrons. The minimum absolute atomic E-state index is 0.0167. The van der Waals surface area contributed by atoms with E-state index in [1.807, 2.05) is 0 Å². The van der Waals surface area contributed by atoms with Gasteiger partial charge in [-0.1, -0.05) is 12.1 Å². The predicted molar refractivity (Wildman–Crippen MR) is 71.9 cm³/mol. The van der Waals surface area contributed by atoms with Gasteiger partial charge < -0.3 is 20.3 Å². The van der Waals surface area contributed by atoms with E-state index in [1.165, 1.54) is 0 Å². The van der Waals surface area contributed by atoms with Crippen LogP contribution in [0.4, 0.5) is 0 Å². The molecule has 0 spiro atoms. The number of hydrogen-bond acceptors (Lipinski definition) is 5. The number of aliphatic hydroxyl groups is 1. The molecule has 0 aliphatic rings. The number of rotatable bonds is 7. The molecule has 6 heteroatoms. The van der Waals surface area contributed by atoms with Crippen molar-refractivity contribution in [1.82, 2.24) is 15.8 Å². The normalized spacial score (nSPS) is 11.6. The Kier molecular flexibility index (Phi) is 5.50. The zero-order chi connectivity index (χ0) is 14.5. The second kappa shape index (κ2) is 6.68. The highest BCUT2D eigenvalue weighted by Gasteiger charge is 2.19. The largest absolute Gasteiger partial charge is 0.388 e. The van der Waals surface area contributed by atoms with Crippen LogP contribution in [-0.2, 0) is 6.61 Å². The monoisotopic (exact) mass is 269 g/mol. The number of carbonyl (C=O) groups excluding carboxylic acids is 1. The molecule has 0 bridgehead atoms. The third-order valence-electron chi connectivity index (χ3n) is 3.07. The Bertz CT molecular complexity index is 427. The first kappa shape index (κ1) is 15.7. The Morgan fingerprint density at radius 2 is 2.16 bits per heavy atom. The van der Waals surface area contributed by atoms with Crippen molar-refractivity contribution in [3.8, 4) is 0 Å². The molecule has 1 rings (SSSR count). The van der Waals surface area contributed by atoms with Crippen molar-refractivity contribution in [1.29, 1.82) is 0 Å². The number of aliphatic hydroxyl groups excluding tert-OH is 1. The lowest BCUT2D eigenvalue weighted by Gasteiger charge is -2.25. The van der Waals surface area contributed by atoms with E-state index in [0.29, 0.717) is 17.9 Å². The van der Waals surface area contributed by atoms with Gasteiger partial charge in [-0.05, 0) is 33.7 Å². The zero-order valence-corrected chi connectivity index (χ0v) is 12.0. The smallest absolute Gasteiger partial charge is 0.273 e. The molecule has 1 aromatic heterocycles. The zero-order valence-electron chi connectivity index (χ0n) is 12.0. The van der Waals surface area contributed by atoms with E-state index in [1.54, 1.807) is 6.92 Å². The summed E-state index contributed by atoms with van der Waals surface area (Å²) in [5.74, 6) is 0.0615. The van der Waals surface area contributed by atoms with Gasteiger partial charge in [-0.25, -0.2) is 0 Å². The molecule has 3 N–H and O–H groups in total. The molecule has 0 aliphatic carbocycles. The molecular formula is C13H23N3O3. The maximum atomic E-state index is 11.9. The first-order valence-corrected chi connectivity index (χ1v) is 6.50. The molecule has 1 amide bonds. The number of amides is 1. The van der Waals surface area contributed by atoms with Crippen LogP contribution in [0.5, 0.6) is 0 Å². The van der Waals surface area contributed by atoms with Gasteiger partial charge in [0.2, 0.25) is 0 Å². The van der Waals surface area contributed by atoms with Gasteiger partial charge >= 0.3 is 0 Å². The molecule has 0 atom stereocenters. The van der Waals surface area contributed by atoms with Gasteiger partial charge in [-0.2, -0.15) is 0 Å². The highest BCUT2D eigenvalue weighted by atomic mass is 16.5. The van der Waals surface area contributed by atoms with Crippen molar-refractivity contribution in [2.45, 2.75) is 46.3 Å². The van der Waals surface area contributed by atoms with E-state index in [2.05, 4.69) is 36.6 Å². The minimum Gasteiger partial charge on any atom is -0.388 e. The molecule has 1 aromatic rings. The van der Waals surface area contributed by atoms with Crippen LogP contribution >= 0.6 is 0 Å². The third kappa shape index (κ3) is 4.33. The van der Waals surface area contributed by atoms with Crippen LogP contribution in [0, 0.1) is 6.92 Å². The fraction of sp³-hybridized carbons (Fsp3) is 0.692. The maximum absolute atomic E-state index is 11.9. The SMILES string of the molecule is CCNC(C)(C)CCNC(=O)c1noc(CO)c1C. The van der Waals surface area contributed by atoms with E-state index in [-0.39, 0.29) is 23.7 Å². The topological polar surface area (TPSA) is 87.4 Å². The number of hydrogen-bond donors (Lipinski definition) is 3. The van der Waals surface area contributed by atoms with Crippen molar-refractivity contribution in [3.05, 3.63) is 17.0 Å². The summed E-state index contributed by atoms with van der Waals surface area (Å²) in [6.45, 7) is 9.14. The number of nitrogens with one attached hydrogen (secondary N) is 2. The fourth-order valence-corrected chi connectivity index (χ4v) is 1.87. The summed E-state index contributed by atoms with van der Waals surface area (Å²) in [5.41, 5.74) is 0.813. The predicted octanol–water partition coefficient (Wildman–Crippen LogP) is 0.983. The van der Waals surface area contributed by atoms with E-state index in [0.717, 1.165) is 13.0 Å². The Morgan fingerprint density at radius 3 is 2.68 bits per heavy atom. The standard InChI is InChI=1S/C13H23N3O3/c1-5-15-13(3,4)6-7-14-12(18)11-9(2)10(8-17)19-16-11/h15,17H,5-8H2,1-4H3,(H,14,18). The molecule has 0 radical (unpaired) electrons. The second-order valence-electron chi connectivity index (χ2n) is 5.16. The number of aromatic nitrogens is 1. The van der Waals surface area contributed by atoms with Crippen LogP contribution in [0.25, 0.3) is 0 Å². The molecule has 0 saturated heterocycles. The lowest BCUT2D eigenvalue weighted by atomic mass is 10.0. The van der Waals surface area contributed by atoms with Gasteiger partial charge in [0.1, 0.15) is 6.61 Å². The lowest BCUT2D eigenvalue weighted by Crippen LogP contribution is -2.42. The molecule has 1 heterocycles. The van der Waals surface area contributed by atoms with Crippen molar-refractivity contribution in [2.75, 3.05) is 13.1 Å². The second-order valence-corrected chi connectivity index (χ2v) is 5.16. The Labute approximate surface area is 113 Å². The first-order valence-electron chi connectivity index (χ1n) is 6.50. The van der Waals surface area contributed by atoms with Crippen LogP contribution in [-0.4, -0.2) is 34.8 Å². The molecule has 0 saturated carbocycles. The van der Waals surface area contributed by atoms with Crippen molar-refractivity contribution in [3.63, 3.8) is 0 Å². The molecule has 0 aliphatic heterocycles. The third-order valence-corrected chi connectivity index (χ3v) is 3.07. The van der Waals surface area contributed by atoms with Crippen molar-refractivity contribution >= 4 is 5.91 Å². The van der Waals surface area contributed by atoms with Crippen LogP contribution in [0.15, 0.2) is 4.52 Å². The highest BCUT2D eigenvalue weighted by molar-refractivity contribution is 5.93. The average Bonchev–Trinajstić information content (AvgIpc) is 2.69. The van der Waals surface area contributed by atoms with Gasteiger partial charge in [0.25, 0.3) is 5.91 Å². The first-order chi connectivity index (χ1) is 8.91. The Hall–Kier alpha value is -1.40. The van der Waals surface area contributed by atoms with Crippen LogP contribution in [0.2, 0.25) is 0 Å². The van der Waals surface area contributed by atoms with Gasteiger partial charge in [-0.3, -0.25) is 4.79 Å². The van der Waals surface area contributed by atoms with Gasteiger partial charge in [0.15, 0.2) is 11.5 Å². The summed E-state index contributed by atoms with van der Waals surface area (Å²) in [6, 6.07) is 0. The van der Waals surface area contributed by atoms with Gasteiger partial charge in [0.05, 0.1) is 0 Å². The Morgan fingerprint density at radius 1 is 1.47 bits per heavy atom. The summed E-state index contributed by atoms with van der Waals surface area (Å²) >= 11 is 0. The van der Waals surface area contributed by atoms with Crippen LogP contribution in [0.3, 0.4) is 0 Å². The molecule has 19 heavy (non-hydrogen) atoms. The Balaban J connectivity index is 2.50. The summed E-state index contributed by atoms with van der Waals surface area (Å²) in [6.07, 6.45) is 0.816. The van der Waals surface area contributed by atoms with Crippen molar-refractivity contribution in [2.24, 2.45) is 0 Å². The van der Waals surface area contributed by atoms with E-state index in [9.17, 15) is 4.79 Å². The summed E-state index contributed by atoms with van der Waals surface area (Å²) in [5, 5.41) is 18.8. The quantitative estimate of drug-likeness (QED) is 0.687. The van der Waals surface area contributed by atoms with E-state index < -0.39 is 0 Å². The molecule has 6 nitrogen and oxygen atoms in total. The minimum atomic E-state index is -0.270. The van der Waals surface area contributed by atoms with Gasteiger partial charge in [-0.15, -0.1) is 0 Å². The molecular weight excluding hydrogens is 246 g/mol. The number of nitrogens with zero attached hydrogens (tertiary/aromatic N) is 1. The van der Waals surface area contributed by atoms with Gasteiger partial charge in [0, 0.05) is 17.6 Å². The molecule has 0 aromatic carbocycles.